The molecular formula is C19H30BNO6. The van der Waals surface area contributed by atoms with Gasteiger partial charge in [-0.05, 0) is 54.5 Å². The minimum absolute atomic E-state index is 0.272. The van der Waals surface area contributed by atoms with Crippen LogP contribution in [-0.2, 0) is 18.8 Å². The van der Waals surface area contributed by atoms with E-state index in [0.717, 1.165) is 5.56 Å². The quantitative estimate of drug-likeness (QED) is 0.736. The van der Waals surface area contributed by atoms with E-state index in [1.165, 1.54) is 0 Å². The molecule has 1 atom stereocenters. The van der Waals surface area contributed by atoms with Gasteiger partial charge < -0.3 is 28.1 Å². The predicted octanol–water partition coefficient (Wildman–Crippen LogP) is 2.89. The minimum atomic E-state index is -0.561. The number of amides is 1. The van der Waals surface area contributed by atoms with Crippen LogP contribution in [0.4, 0.5) is 4.79 Å². The Kier molecular flexibility index (Phi) is 5.12. The first kappa shape index (κ1) is 20.2. The number of hydrogen-bond acceptors (Lipinski definition) is 6. The first-order chi connectivity index (χ1) is 12.4. The molecule has 0 N–H and O–H groups in total. The van der Waals surface area contributed by atoms with Gasteiger partial charge in [0.1, 0.15) is 17.4 Å². The molecular weight excluding hydrogens is 349 g/mol. The molecule has 0 aliphatic carbocycles. The summed E-state index contributed by atoms with van der Waals surface area (Å²) in [5.74, 6) is 0. The Morgan fingerprint density at radius 2 is 1.85 bits per heavy atom. The number of hydrogen-bond donors (Lipinski definition) is 0. The Morgan fingerprint density at radius 1 is 1.22 bits per heavy atom. The second kappa shape index (κ2) is 6.83. The van der Waals surface area contributed by atoms with Crippen molar-refractivity contribution in [1.29, 1.82) is 0 Å². The van der Waals surface area contributed by atoms with E-state index in [-0.39, 0.29) is 12.2 Å². The number of ether oxygens (including phenoxy) is 2. The standard InChI is InChI=1S/C19H30BNO6/c1-17(2,3)25-16(22)21-8-9-23-14(11-21)13-10-15(24-12-13)20-26-18(4,5)19(6,7)27-20/h10,12,14H,8-9,11H2,1-7H3. The topological polar surface area (TPSA) is 70.4 Å². The molecule has 1 amide bonds. The maximum atomic E-state index is 12.3. The van der Waals surface area contributed by atoms with E-state index in [1.54, 1.807) is 11.2 Å². The highest BCUT2D eigenvalue weighted by Gasteiger charge is 2.53. The summed E-state index contributed by atoms with van der Waals surface area (Å²) in [6.45, 7) is 14.9. The van der Waals surface area contributed by atoms with E-state index in [0.29, 0.717) is 25.4 Å². The van der Waals surface area contributed by atoms with Crippen molar-refractivity contribution in [2.45, 2.75) is 71.4 Å². The number of nitrogens with zero attached hydrogens (tertiary/aromatic N) is 1. The van der Waals surface area contributed by atoms with Gasteiger partial charge in [-0.3, -0.25) is 0 Å². The van der Waals surface area contributed by atoms with Crippen LogP contribution in [-0.4, -0.2) is 54.6 Å². The lowest BCUT2D eigenvalue weighted by molar-refractivity contribution is -0.0434. The fourth-order valence-electron chi connectivity index (χ4n) is 2.96. The van der Waals surface area contributed by atoms with Gasteiger partial charge in [0.15, 0.2) is 0 Å². The molecule has 150 valence electrons. The first-order valence-electron chi connectivity index (χ1n) is 9.41. The summed E-state index contributed by atoms with van der Waals surface area (Å²) < 4.78 is 29.1. The van der Waals surface area contributed by atoms with E-state index in [2.05, 4.69) is 0 Å². The zero-order valence-electron chi connectivity index (χ0n) is 17.3. The van der Waals surface area contributed by atoms with Gasteiger partial charge in [0.25, 0.3) is 0 Å². The predicted molar refractivity (Wildman–Crippen MR) is 101 cm³/mol. The van der Waals surface area contributed by atoms with Crippen molar-refractivity contribution in [2.75, 3.05) is 19.7 Å². The highest BCUT2D eigenvalue weighted by atomic mass is 16.7. The molecule has 2 aliphatic rings. The van der Waals surface area contributed by atoms with Gasteiger partial charge in [-0.25, -0.2) is 4.79 Å². The van der Waals surface area contributed by atoms with Gasteiger partial charge in [-0.2, -0.15) is 0 Å². The third-order valence-corrected chi connectivity index (χ3v) is 5.22. The van der Waals surface area contributed by atoms with Crippen LogP contribution < -0.4 is 5.66 Å². The van der Waals surface area contributed by atoms with Crippen LogP contribution in [0, 0.1) is 0 Å². The highest BCUT2D eigenvalue weighted by molar-refractivity contribution is 6.60. The molecule has 8 heteroatoms. The van der Waals surface area contributed by atoms with Gasteiger partial charge >= 0.3 is 13.2 Å². The zero-order valence-corrected chi connectivity index (χ0v) is 17.3. The number of carbonyl (C=O) groups is 1. The fraction of sp³-hybridized carbons (Fsp3) is 0.737. The summed E-state index contributed by atoms with van der Waals surface area (Å²) in [5, 5.41) is 0. The number of rotatable bonds is 2. The van der Waals surface area contributed by atoms with Crippen molar-refractivity contribution in [2.24, 2.45) is 0 Å². The van der Waals surface area contributed by atoms with Crippen LogP contribution >= 0.6 is 0 Å². The van der Waals surface area contributed by atoms with E-state index in [1.807, 2.05) is 54.5 Å². The molecule has 1 aromatic rings. The molecule has 0 spiro atoms. The van der Waals surface area contributed by atoms with Crippen molar-refractivity contribution < 1.29 is 28.0 Å². The van der Waals surface area contributed by atoms with Gasteiger partial charge in [0, 0.05) is 12.1 Å². The van der Waals surface area contributed by atoms with Gasteiger partial charge in [0.05, 0.1) is 30.6 Å². The van der Waals surface area contributed by atoms with Crippen LogP contribution in [0.25, 0.3) is 0 Å². The largest absolute Gasteiger partial charge is 0.532 e. The second-order valence-electron chi connectivity index (χ2n) is 9.16. The van der Waals surface area contributed by atoms with Crippen LogP contribution in [0.5, 0.6) is 0 Å². The van der Waals surface area contributed by atoms with E-state index >= 15 is 0 Å². The summed E-state index contributed by atoms with van der Waals surface area (Å²) >= 11 is 0. The van der Waals surface area contributed by atoms with Crippen LogP contribution in [0.2, 0.25) is 0 Å². The number of furan rings is 1. The normalized spacial score (nSPS) is 24.9. The van der Waals surface area contributed by atoms with Crippen LogP contribution in [0.15, 0.2) is 16.7 Å². The molecule has 27 heavy (non-hydrogen) atoms. The SMILES string of the molecule is CC(C)(C)OC(=O)N1CCOC(c2coc(B3OC(C)(C)C(C)(C)O3)c2)C1. The number of carbonyl (C=O) groups excluding carboxylic acids is 1. The molecule has 1 aromatic heterocycles. The average Bonchev–Trinajstić information content (AvgIpc) is 3.09. The molecule has 0 bridgehead atoms. The van der Waals surface area contributed by atoms with Crippen molar-refractivity contribution in [3.63, 3.8) is 0 Å². The molecule has 3 heterocycles. The number of morpholine rings is 1. The van der Waals surface area contributed by atoms with Gasteiger partial charge in [-0.1, -0.05) is 0 Å². The molecule has 0 saturated carbocycles. The van der Waals surface area contributed by atoms with Crippen molar-refractivity contribution in [3.05, 3.63) is 17.9 Å². The fourth-order valence-corrected chi connectivity index (χ4v) is 2.96. The molecule has 7 nitrogen and oxygen atoms in total. The third kappa shape index (κ3) is 4.33. The Balaban J connectivity index is 1.67. The maximum absolute atomic E-state index is 12.3. The second-order valence-corrected chi connectivity index (χ2v) is 9.16. The van der Waals surface area contributed by atoms with Gasteiger partial charge in [0.2, 0.25) is 0 Å². The molecule has 1 unspecified atom stereocenters. The van der Waals surface area contributed by atoms with E-state index < -0.39 is 23.9 Å². The highest BCUT2D eigenvalue weighted by Crippen LogP contribution is 2.36. The third-order valence-electron chi connectivity index (χ3n) is 5.22. The van der Waals surface area contributed by atoms with Crippen LogP contribution in [0.3, 0.4) is 0 Å². The summed E-state index contributed by atoms with van der Waals surface area (Å²) in [6, 6.07) is 1.88. The molecule has 2 aliphatic heterocycles. The average molecular weight is 379 g/mol. The molecule has 3 rings (SSSR count). The summed E-state index contributed by atoms with van der Waals surface area (Å²) in [5.41, 5.74) is 0.0678. The van der Waals surface area contributed by atoms with Gasteiger partial charge in [-0.15, -0.1) is 0 Å². The van der Waals surface area contributed by atoms with Crippen molar-refractivity contribution >= 4 is 18.9 Å². The Labute approximate surface area is 161 Å². The summed E-state index contributed by atoms with van der Waals surface area (Å²) in [6.07, 6.45) is 1.04. The Hall–Kier alpha value is -1.51. The van der Waals surface area contributed by atoms with Crippen LogP contribution in [0.1, 0.15) is 60.1 Å². The van der Waals surface area contributed by atoms with E-state index in [4.69, 9.17) is 23.2 Å². The zero-order chi connectivity index (χ0) is 20.0. The summed E-state index contributed by atoms with van der Waals surface area (Å²) in [7, 11) is -0.561. The Morgan fingerprint density at radius 3 is 2.44 bits per heavy atom. The Bertz CT molecular complexity index is 677. The lowest BCUT2D eigenvalue weighted by Gasteiger charge is -2.33. The molecule has 2 fully saturated rings. The minimum Gasteiger partial charge on any atom is -0.473 e. The van der Waals surface area contributed by atoms with Crippen molar-refractivity contribution in [3.8, 4) is 0 Å². The molecule has 2 saturated heterocycles. The maximum Gasteiger partial charge on any atom is 0.532 e. The molecule has 0 radical (unpaired) electrons. The smallest absolute Gasteiger partial charge is 0.473 e. The first-order valence-corrected chi connectivity index (χ1v) is 9.41. The summed E-state index contributed by atoms with van der Waals surface area (Å²) in [4.78, 5) is 14.0. The van der Waals surface area contributed by atoms with E-state index in [9.17, 15) is 4.79 Å². The molecule has 0 aromatic carbocycles. The monoisotopic (exact) mass is 379 g/mol. The van der Waals surface area contributed by atoms with Crippen molar-refractivity contribution in [1.82, 2.24) is 4.90 Å². The lowest BCUT2D eigenvalue weighted by atomic mass is 9.85. The lowest BCUT2D eigenvalue weighted by Crippen LogP contribution is -2.44.